The number of urea groups is 1. The first kappa shape index (κ1) is 33.6. The summed E-state index contributed by atoms with van der Waals surface area (Å²) in [5.41, 5.74) is 0.993. The van der Waals surface area contributed by atoms with E-state index in [1.54, 1.807) is 19.3 Å². The highest BCUT2D eigenvalue weighted by molar-refractivity contribution is 6.42. The normalized spacial score (nSPS) is 25.5. The van der Waals surface area contributed by atoms with Gasteiger partial charge in [-0.05, 0) is 37.9 Å². The number of methoxy groups -OCH3 is 2. The summed E-state index contributed by atoms with van der Waals surface area (Å²) in [7, 11) is 6.85. The standard InChI is InChI=1S/C33H44Cl2N8O4/c1-6-27(44)37-22-17-42(24-11-12-40(2)16-21(24)19-9-7-8-10-19)18-23(22)38-32-36-14-20-15-43(33(45)41(3)31(20)39-32)30-28(34)25(46-4)13-26(47-5)29(30)35/h6,13-14,19,21-24H,1,7-12,15-18H2,2-5H3,(H,37,44)(H,36,38,39). The zero-order chi connectivity index (χ0) is 33.4. The van der Waals surface area contributed by atoms with E-state index in [-0.39, 0.29) is 46.3 Å². The predicted octanol–water partition coefficient (Wildman–Crippen LogP) is 4.65. The van der Waals surface area contributed by atoms with Gasteiger partial charge in [0.25, 0.3) is 0 Å². The Bertz CT molecular complexity index is 1490. The molecule has 2 N–H and O–H groups in total. The molecule has 1 aromatic heterocycles. The van der Waals surface area contributed by atoms with Crippen molar-refractivity contribution in [2.75, 3.05) is 69.6 Å². The van der Waals surface area contributed by atoms with Crippen molar-refractivity contribution in [3.05, 3.63) is 40.5 Å². The Morgan fingerprint density at radius 1 is 1.04 bits per heavy atom. The number of rotatable bonds is 9. The Morgan fingerprint density at radius 3 is 2.38 bits per heavy atom. The van der Waals surface area contributed by atoms with Gasteiger partial charge in [-0.15, -0.1) is 0 Å². The lowest BCUT2D eigenvalue weighted by molar-refractivity contribution is -0.117. The Morgan fingerprint density at radius 2 is 1.72 bits per heavy atom. The lowest BCUT2D eigenvalue weighted by Gasteiger charge is -2.44. The Hall–Kier alpha value is -3.32. The van der Waals surface area contributed by atoms with Crippen LogP contribution in [0.2, 0.25) is 10.0 Å². The molecule has 1 saturated carbocycles. The van der Waals surface area contributed by atoms with Gasteiger partial charge in [0.2, 0.25) is 11.9 Å². The van der Waals surface area contributed by atoms with E-state index < -0.39 is 0 Å². The molecule has 4 unspecified atom stereocenters. The molecule has 4 heterocycles. The molecule has 47 heavy (non-hydrogen) atoms. The van der Waals surface area contributed by atoms with E-state index in [2.05, 4.69) is 39.0 Å². The third-order valence-electron chi connectivity index (χ3n) is 10.3. The molecule has 6 rings (SSSR count). The van der Waals surface area contributed by atoms with Gasteiger partial charge in [0.1, 0.15) is 27.4 Å². The molecular weight excluding hydrogens is 643 g/mol. The number of ether oxygens (including phenoxy) is 2. The molecule has 4 aliphatic rings. The van der Waals surface area contributed by atoms with Crippen LogP contribution in [0.1, 0.15) is 37.7 Å². The number of carbonyl (C=O) groups excluding carboxylic acids is 2. The average molecular weight is 688 g/mol. The van der Waals surface area contributed by atoms with Crippen LogP contribution in [0.5, 0.6) is 11.5 Å². The summed E-state index contributed by atoms with van der Waals surface area (Å²) in [6.45, 7) is 7.47. The quantitative estimate of drug-likeness (QED) is 0.364. The summed E-state index contributed by atoms with van der Waals surface area (Å²) in [5, 5.41) is 7.05. The Balaban J connectivity index is 1.24. The van der Waals surface area contributed by atoms with Crippen molar-refractivity contribution >= 4 is 52.6 Å². The summed E-state index contributed by atoms with van der Waals surface area (Å²) in [6, 6.07) is 1.37. The van der Waals surface area contributed by atoms with Crippen LogP contribution >= 0.6 is 23.2 Å². The number of amides is 3. The number of fused-ring (bicyclic) bond motifs is 1. The molecule has 254 valence electrons. The number of hydrogen-bond acceptors (Lipinski definition) is 9. The van der Waals surface area contributed by atoms with Gasteiger partial charge in [0.15, 0.2) is 0 Å². The maximum atomic E-state index is 13.7. The molecule has 2 saturated heterocycles. The number of halogens is 2. The first-order chi connectivity index (χ1) is 22.6. The van der Waals surface area contributed by atoms with Crippen molar-refractivity contribution in [1.29, 1.82) is 0 Å². The van der Waals surface area contributed by atoms with E-state index in [0.29, 0.717) is 40.8 Å². The second kappa shape index (κ2) is 14.0. The van der Waals surface area contributed by atoms with Gasteiger partial charge in [0, 0.05) is 50.6 Å². The summed E-state index contributed by atoms with van der Waals surface area (Å²) in [4.78, 5) is 43.6. The van der Waals surface area contributed by atoms with Crippen LogP contribution in [-0.4, -0.2) is 104 Å². The summed E-state index contributed by atoms with van der Waals surface area (Å²) in [5.74, 6) is 2.68. The van der Waals surface area contributed by atoms with Gasteiger partial charge >= 0.3 is 6.03 Å². The number of anilines is 3. The van der Waals surface area contributed by atoms with E-state index in [4.69, 9.17) is 37.7 Å². The number of aromatic nitrogens is 2. The van der Waals surface area contributed by atoms with Crippen LogP contribution in [0.4, 0.5) is 22.2 Å². The molecule has 12 nitrogen and oxygen atoms in total. The molecule has 1 aromatic carbocycles. The molecule has 3 aliphatic heterocycles. The van der Waals surface area contributed by atoms with Crippen molar-refractivity contribution in [2.45, 2.75) is 56.8 Å². The first-order valence-electron chi connectivity index (χ1n) is 16.3. The highest BCUT2D eigenvalue weighted by Crippen LogP contribution is 2.48. The summed E-state index contributed by atoms with van der Waals surface area (Å²) >= 11 is 13.3. The number of hydrogen-bond donors (Lipinski definition) is 2. The fraction of sp³-hybridized carbons (Fsp3) is 0.576. The number of nitrogens with one attached hydrogen (secondary N) is 2. The van der Waals surface area contributed by atoms with Crippen molar-refractivity contribution in [2.24, 2.45) is 11.8 Å². The van der Waals surface area contributed by atoms with Crippen LogP contribution in [-0.2, 0) is 11.3 Å². The third-order valence-corrected chi connectivity index (χ3v) is 11.0. The molecule has 0 bridgehead atoms. The minimum Gasteiger partial charge on any atom is -0.495 e. The monoisotopic (exact) mass is 686 g/mol. The molecule has 0 radical (unpaired) electrons. The van der Waals surface area contributed by atoms with Gasteiger partial charge in [0.05, 0.1) is 38.5 Å². The topological polar surface area (TPSA) is 115 Å². The maximum absolute atomic E-state index is 13.7. The fourth-order valence-electron chi connectivity index (χ4n) is 7.91. The maximum Gasteiger partial charge on any atom is 0.330 e. The van der Waals surface area contributed by atoms with Gasteiger partial charge in [-0.2, -0.15) is 4.98 Å². The van der Waals surface area contributed by atoms with E-state index in [0.717, 1.165) is 38.5 Å². The smallest absolute Gasteiger partial charge is 0.330 e. The molecule has 3 amide bonds. The van der Waals surface area contributed by atoms with Crippen LogP contribution < -0.4 is 29.9 Å². The van der Waals surface area contributed by atoms with Gasteiger partial charge in [-0.1, -0.05) is 55.5 Å². The Kier molecular flexibility index (Phi) is 10.0. The van der Waals surface area contributed by atoms with Crippen LogP contribution in [0.25, 0.3) is 0 Å². The molecule has 2 aromatic rings. The van der Waals surface area contributed by atoms with Crippen LogP contribution in [0.15, 0.2) is 24.9 Å². The predicted molar refractivity (Wildman–Crippen MR) is 184 cm³/mol. The highest BCUT2D eigenvalue weighted by Gasteiger charge is 2.44. The molecule has 14 heteroatoms. The first-order valence-corrected chi connectivity index (χ1v) is 17.0. The Labute approximate surface area is 286 Å². The van der Waals surface area contributed by atoms with E-state index in [1.165, 1.54) is 55.8 Å². The minimum absolute atomic E-state index is 0.135. The second-order valence-electron chi connectivity index (χ2n) is 13.1. The van der Waals surface area contributed by atoms with Crippen molar-refractivity contribution in [3.8, 4) is 11.5 Å². The third kappa shape index (κ3) is 6.57. The van der Waals surface area contributed by atoms with Crippen molar-refractivity contribution < 1.29 is 19.1 Å². The minimum atomic E-state index is -0.371. The zero-order valence-corrected chi connectivity index (χ0v) is 29.0. The van der Waals surface area contributed by atoms with Gasteiger partial charge < -0.3 is 25.0 Å². The molecular formula is C33H44Cl2N8O4. The molecule has 4 atom stereocenters. The summed E-state index contributed by atoms with van der Waals surface area (Å²) < 4.78 is 10.8. The van der Waals surface area contributed by atoms with Crippen molar-refractivity contribution in [1.82, 2.24) is 25.1 Å². The zero-order valence-electron chi connectivity index (χ0n) is 27.5. The van der Waals surface area contributed by atoms with E-state index in [1.807, 2.05) is 0 Å². The molecule has 0 spiro atoms. The van der Waals surface area contributed by atoms with Gasteiger partial charge in [-0.3, -0.25) is 19.5 Å². The SMILES string of the molecule is C=CC(=O)NC1CN(C2CCN(C)CC2C2CCCC2)CC1Nc1ncc2c(n1)N(C)C(=O)N(c1c(Cl)c(OC)cc(OC)c1Cl)C2. The lowest BCUT2D eigenvalue weighted by atomic mass is 9.80. The largest absolute Gasteiger partial charge is 0.495 e. The molecule has 3 fully saturated rings. The number of piperidine rings is 1. The highest BCUT2D eigenvalue weighted by atomic mass is 35.5. The number of benzene rings is 1. The fourth-order valence-corrected chi connectivity index (χ4v) is 8.61. The summed E-state index contributed by atoms with van der Waals surface area (Å²) in [6.07, 6.45) is 9.37. The van der Waals surface area contributed by atoms with E-state index in [9.17, 15) is 9.59 Å². The van der Waals surface area contributed by atoms with Crippen LogP contribution in [0.3, 0.4) is 0 Å². The number of likely N-dealkylation sites (tertiary alicyclic amines) is 2. The van der Waals surface area contributed by atoms with Crippen LogP contribution in [0, 0.1) is 11.8 Å². The van der Waals surface area contributed by atoms with Crippen molar-refractivity contribution in [3.63, 3.8) is 0 Å². The van der Waals surface area contributed by atoms with Gasteiger partial charge in [-0.25, -0.2) is 9.78 Å². The number of nitrogens with zero attached hydrogens (tertiary/aromatic N) is 6. The average Bonchev–Trinajstić information content (AvgIpc) is 3.74. The van der Waals surface area contributed by atoms with E-state index >= 15 is 0 Å². The molecule has 1 aliphatic carbocycles. The number of carbonyl (C=O) groups is 2. The second-order valence-corrected chi connectivity index (χ2v) is 13.8. The lowest BCUT2D eigenvalue weighted by Crippen LogP contribution is -2.52.